The molecule has 0 spiro atoms. The van der Waals surface area contributed by atoms with E-state index in [1.807, 2.05) is 20.8 Å². The van der Waals surface area contributed by atoms with Crippen LogP contribution in [0.15, 0.2) is 16.0 Å². The lowest BCUT2D eigenvalue weighted by atomic mass is 10.1. The van der Waals surface area contributed by atoms with Crippen LogP contribution in [0, 0.1) is 11.3 Å². The molecule has 0 aliphatic carbocycles. The van der Waals surface area contributed by atoms with Gasteiger partial charge in [0, 0.05) is 23.6 Å². The van der Waals surface area contributed by atoms with Gasteiger partial charge in [0.1, 0.15) is 5.54 Å². The monoisotopic (exact) mass is 294 g/mol. The number of hydrogen-bond donors (Lipinski definition) is 2. The van der Waals surface area contributed by atoms with Crippen molar-refractivity contribution in [2.24, 2.45) is 0 Å². The fourth-order valence-electron chi connectivity index (χ4n) is 1.89. The first-order valence-electron chi connectivity index (χ1n) is 6.80. The zero-order valence-electron chi connectivity index (χ0n) is 12.5. The minimum absolute atomic E-state index is 0.138. The maximum absolute atomic E-state index is 11.6. The van der Waals surface area contributed by atoms with Gasteiger partial charge in [-0.3, -0.25) is 10.1 Å². The van der Waals surface area contributed by atoms with E-state index in [-0.39, 0.29) is 11.6 Å². The van der Waals surface area contributed by atoms with Crippen LogP contribution in [0.3, 0.4) is 0 Å². The highest BCUT2D eigenvalue weighted by Crippen LogP contribution is 2.19. The number of nitriles is 1. The summed E-state index contributed by atoms with van der Waals surface area (Å²) < 4.78 is 0. The molecule has 1 aromatic heterocycles. The van der Waals surface area contributed by atoms with E-state index >= 15 is 0 Å². The molecule has 20 heavy (non-hydrogen) atoms. The highest BCUT2D eigenvalue weighted by atomic mass is 32.2. The quantitative estimate of drug-likeness (QED) is 0.594. The standard InChI is InChI=1S/C14H22N4OS/c1-5-6-11-7-12(19)17-13(16-11)20-9-14(4,8-15)18-10(2)3/h7,10,18H,5-6,9H2,1-4H3,(H,16,17,19). The summed E-state index contributed by atoms with van der Waals surface area (Å²) in [5, 5.41) is 13.1. The number of hydrogen-bond acceptors (Lipinski definition) is 5. The van der Waals surface area contributed by atoms with Crippen molar-refractivity contribution < 1.29 is 0 Å². The lowest BCUT2D eigenvalue weighted by Gasteiger charge is -2.25. The van der Waals surface area contributed by atoms with Gasteiger partial charge in [0.05, 0.1) is 6.07 Å². The first kappa shape index (κ1) is 16.7. The number of aromatic nitrogens is 2. The smallest absolute Gasteiger partial charge is 0.251 e. The fourth-order valence-corrected chi connectivity index (χ4v) is 2.82. The Balaban J connectivity index is 2.78. The van der Waals surface area contributed by atoms with Crippen LogP contribution < -0.4 is 10.9 Å². The lowest BCUT2D eigenvalue weighted by molar-refractivity contribution is 0.443. The van der Waals surface area contributed by atoms with Crippen LogP contribution >= 0.6 is 11.8 Å². The Morgan fingerprint density at radius 1 is 1.60 bits per heavy atom. The molecule has 0 saturated heterocycles. The summed E-state index contributed by atoms with van der Waals surface area (Å²) in [7, 11) is 0. The van der Waals surface area contributed by atoms with Gasteiger partial charge in [-0.2, -0.15) is 5.26 Å². The molecule has 5 nitrogen and oxygen atoms in total. The normalized spacial score (nSPS) is 14.0. The van der Waals surface area contributed by atoms with E-state index in [4.69, 9.17) is 0 Å². The number of nitrogens with zero attached hydrogens (tertiary/aromatic N) is 2. The predicted octanol–water partition coefficient (Wildman–Crippen LogP) is 2.09. The Bertz CT molecular complexity index is 535. The molecule has 0 bridgehead atoms. The predicted molar refractivity (Wildman–Crippen MR) is 81.9 cm³/mol. The number of nitrogens with one attached hydrogen (secondary N) is 2. The second-order valence-electron chi connectivity index (χ2n) is 5.32. The molecule has 0 aliphatic rings. The number of thioether (sulfide) groups is 1. The Labute approximate surface area is 124 Å². The van der Waals surface area contributed by atoms with E-state index < -0.39 is 5.54 Å². The molecule has 1 aromatic rings. The lowest BCUT2D eigenvalue weighted by Crippen LogP contribution is -2.47. The van der Waals surface area contributed by atoms with Crippen molar-refractivity contribution in [2.45, 2.75) is 57.3 Å². The molecule has 0 fully saturated rings. The Morgan fingerprint density at radius 2 is 2.30 bits per heavy atom. The molecular weight excluding hydrogens is 272 g/mol. The largest absolute Gasteiger partial charge is 0.301 e. The first-order chi connectivity index (χ1) is 9.38. The maximum Gasteiger partial charge on any atom is 0.251 e. The van der Waals surface area contributed by atoms with Gasteiger partial charge < -0.3 is 4.98 Å². The van der Waals surface area contributed by atoms with Crippen molar-refractivity contribution in [3.05, 3.63) is 22.1 Å². The van der Waals surface area contributed by atoms with Gasteiger partial charge in [-0.15, -0.1) is 0 Å². The van der Waals surface area contributed by atoms with Gasteiger partial charge in [-0.25, -0.2) is 4.98 Å². The first-order valence-corrected chi connectivity index (χ1v) is 7.79. The van der Waals surface area contributed by atoms with Crippen molar-refractivity contribution in [1.29, 1.82) is 5.26 Å². The van der Waals surface area contributed by atoms with Crippen molar-refractivity contribution in [3.63, 3.8) is 0 Å². The fraction of sp³-hybridized carbons (Fsp3) is 0.643. The van der Waals surface area contributed by atoms with E-state index in [1.165, 1.54) is 17.8 Å². The molecule has 110 valence electrons. The summed E-state index contributed by atoms with van der Waals surface area (Å²) in [5.74, 6) is 0.528. The highest BCUT2D eigenvalue weighted by molar-refractivity contribution is 7.99. The highest BCUT2D eigenvalue weighted by Gasteiger charge is 2.25. The van der Waals surface area contributed by atoms with Crippen LogP contribution in [0.4, 0.5) is 0 Å². The number of aryl methyl sites for hydroxylation is 1. The van der Waals surface area contributed by atoms with E-state index in [9.17, 15) is 10.1 Å². The third-order valence-corrected chi connectivity index (χ3v) is 3.82. The van der Waals surface area contributed by atoms with E-state index in [2.05, 4.69) is 28.3 Å². The summed E-state index contributed by atoms with van der Waals surface area (Å²) in [6, 6.07) is 4.03. The van der Waals surface area contributed by atoms with Gasteiger partial charge >= 0.3 is 0 Å². The molecule has 0 amide bonds. The van der Waals surface area contributed by atoms with Crippen LogP contribution in [0.2, 0.25) is 0 Å². The van der Waals surface area contributed by atoms with Gasteiger partial charge in [-0.1, -0.05) is 25.1 Å². The molecule has 6 heteroatoms. The minimum Gasteiger partial charge on any atom is -0.301 e. The summed E-state index contributed by atoms with van der Waals surface area (Å²) in [6.45, 7) is 7.91. The summed E-state index contributed by atoms with van der Waals surface area (Å²) in [5.41, 5.74) is 0.0219. The molecule has 0 aromatic carbocycles. The Hall–Kier alpha value is -1.32. The topological polar surface area (TPSA) is 81.6 Å². The van der Waals surface area contributed by atoms with Crippen molar-refractivity contribution in [2.75, 3.05) is 5.75 Å². The third-order valence-electron chi connectivity index (χ3n) is 2.63. The van der Waals surface area contributed by atoms with Gasteiger partial charge in [0.15, 0.2) is 5.16 Å². The van der Waals surface area contributed by atoms with E-state index in [0.29, 0.717) is 10.9 Å². The van der Waals surface area contributed by atoms with Crippen LogP contribution in [0.1, 0.15) is 39.8 Å². The Morgan fingerprint density at radius 3 is 2.85 bits per heavy atom. The molecule has 2 N–H and O–H groups in total. The van der Waals surface area contributed by atoms with Crippen molar-refractivity contribution in [1.82, 2.24) is 15.3 Å². The van der Waals surface area contributed by atoms with Crippen LogP contribution in [-0.2, 0) is 6.42 Å². The zero-order chi connectivity index (χ0) is 15.2. The van der Waals surface area contributed by atoms with Crippen LogP contribution in [-0.4, -0.2) is 27.3 Å². The molecule has 0 aliphatic heterocycles. The minimum atomic E-state index is -0.641. The molecule has 1 rings (SSSR count). The molecular formula is C14H22N4OS. The molecule has 1 unspecified atom stereocenters. The maximum atomic E-state index is 11.6. The summed E-state index contributed by atoms with van der Waals surface area (Å²) in [4.78, 5) is 18.7. The summed E-state index contributed by atoms with van der Waals surface area (Å²) >= 11 is 1.40. The molecule has 0 radical (unpaired) electrons. The van der Waals surface area contributed by atoms with Crippen LogP contribution in [0.25, 0.3) is 0 Å². The Kier molecular flexibility index (Phi) is 6.24. The van der Waals surface area contributed by atoms with Gasteiger partial charge in [-0.05, 0) is 27.2 Å². The second kappa shape index (κ2) is 7.46. The van der Waals surface area contributed by atoms with Crippen molar-refractivity contribution >= 4 is 11.8 Å². The van der Waals surface area contributed by atoms with Crippen molar-refractivity contribution in [3.8, 4) is 6.07 Å². The van der Waals surface area contributed by atoms with Gasteiger partial charge in [0.2, 0.25) is 0 Å². The molecule has 0 saturated carbocycles. The average molecular weight is 294 g/mol. The zero-order valence-corrected chi connectivity index (χ0v) is 13.3. The molecule has 1 atom stereocenters. The number of aromatic amines is 1. The van der Waals surface area contributed by atoms with Gasteiger partial charge in [0.25, 0.3) is 5.56 Å². The van der Waals surface area contributed by atoms with E-state index in [0.717, 1.165) is 18.5 Å². The number of rotatable bonds is 7. The van der Waals surface area contributed by atoms with Crippen LogP contribution in [0.5, 0.6) is 0 Å². The third kappa shape index (κ3) is 5.35. The summed E-state index contributed by atoms with van der Waals surface area (Å²) in [6.07, 6.45) is 1.74. The second-order valence-corrected chi connectivity index (χ2v) is 6.29. The number of H-pyrrole nitrogens is 1. The SMILES string of the molecule is CCCc1cc(=O)[nH]c(SCC(C)(C#N)NC(C)C)n1. The average Bonchev–Trinajstić information content (AvgIpc) is 2.35. The van der Waals surface area contributed by atoms with E-state index in [1.54, 1.807) is 0 Å². The molecule has 1 heterocycles.